The molecular weight excluding hydrogens is 392 g/mol. The van der Waals surface area contributed by atoms with Crippen LogP contribution in [0.1, 0.15) is 21.7 Å². The minimum atomic E-state index is -0.180. The summed E-state index contributed by atoms with van der Waals surface area (Å²) >= 11 is 1.52. The van der Waals surface area contributed by atoms with Gasteiger partial charge < -0.3 is 5.32 Å². The number of carbonyl (C=O) groups excluding carboxylic acids is 1. The number of amides is 1. The van der Waals surface area contributed by atoms with Crippen LogP contribution in [-0.4, -0.2) is 27.6 Å². The first-order chi connectivity index (χ1) is 14.7. The normalized spacial score (nSPS) is 10.9. The Morgan fingerprint density at radius 3 is 2.83 bits per heavy atom. The molecule has 30 heavy (non-hydrogen) atoms. The highest BCUT2D eigenvalue weighted by atomic mass is 32.2. The van der Waals surface area contributed by atoms with Gasteiger partial charge in [0.2, 0.25) is 0 Å². The lowest BCUT2D eigenvalue weighted by Crippen LogP contribution is -2.23. The van der Waals surface area contributed by atoms with Gasteiger partial charge in [0.15, 0.2) is 0 Å². The fourth-order valence-corrected chi connectivity index (χ4v) is 3.93. The highest BCUT2D eigenvalue weighted by Gasteiger charge is 2.12. The van der Waals surface area contributed by atoms with Crippen LogP contribution in [0.5, 0.6) is 0 Å². The van der Waals surface area contributed by atoms with Crippen molar-refractivity contribution in [2.75, 3.05) is 6.54 Å². The molecule has 4 aromatic rings. The molecule has 146 valence electrons. The van der Waals surface area contributed by atoms with E-state index in [1.807, 2.05) is 66.7 Å². The number of carbonyl (C=O) groups is 1. The van der Waals surface area contributed by atoms with Gasteiger partial charge in [-0.05, 0) is 54.6 Å². The van der Waals surface area contributed by atoms with Crippen molar-refractivity contribution in [3.05, 3.63) is 83.8 Å². The molecule has 2 aromatic heterocycles. The number of hydrogen-bond donors (Lipinski definition) is 2. The number of hydrogen-bond acceptors (Lipinski definition) is 4. The first-order valence-corrected chi connectivity index (χ1v) is 10.1. The van der Waals surface area contributed by atoms with Crippen LogP contribution >= 0.6 is 11.8 Å². The number of fused-ring (bicyclic) bond motifs is 1. The largest absolute Gasteiger partial charge is 0.341 e. The summed E-state index contributed by atoms with van der Waals surface area (Å²) < 4.78 is 0. The zero-order valence-electron chi connectivity index (χ0n) is 16.0. The Morgan fingerprint density at radius 2 is 2.00 bits per heavy atom. The van der Waals surface area contributed by atoms with Crippen molar-refractivity contribution in [2.24, 2.45) is 0 Å². The third-order valence-electron chi connectivity index (χ3n) is 4.37. The molecule has 0 saturated heterocycles. The van der Waals surface area contributed by atoms with Gasteiger partial charge in [0.1, 0.15) is 0 Å². The van der Waals surface area contributed by atoms with Gasteiger partial charge in [-0.15, -0.1) is 6.42 Å². The van der Waals surface area contributed by atoms with Gasteiger partial charge >= 0.3 is 0 Å². The second-order valence-electron chi connectivity index (χ2n) is 6.39. The summed E-state index contributed by atoms with van der Waals surface area (Å²) in [5.41, 5.74) is 3.25. The van der Waals surface area contributed by atoms with Crippen molar-refractivity contribution in [3.63, 3.8) is 0 Å². The van der Waals surface area contributed by atoms with E-state index in [0.29, 0.717) is 5.56 Å². The second-order valence-corrected chi connectivity index (χ2v) is 7.50. The van der Waals surface area contributed by atoms with Gasteiger partial charge in [0, 0.05) is 21.4 Å². The molecular formula is C24H18N4OS. The highest BCUT2D eigenvalue weighted by molar-refractivity contribution is 7.99. The molecule has 2 N–H and O–H groups in total. The number of aromatic amines is 1. The first-order valence-electron chi connectivity index (χ1n) is 9.30. The molecule has 0 radical (unpaired) electrons. The maximum absolute atomic E-state index is 12.4. The molecule has 0 saturated carbocycles. The Bertz CT molecular complexity index is 1260. The Hall–Kier alpha value is -3.82. The van der Waals surface area contributed by atoms with E-state index in [2.05, 4.69) is 26.4 Å². The van der Waals surface area contributed by atoms with Crippen molar-refractivity contribution in [1.29, 1.82) is 0 Å². The zero-order valence-corrected chi connectivity index (χ0v) is 16.8. The summed E-state index contributed by atoms with van der Waals surface area (Å²) in [6.45, 7) is 0.201. The number of H-pyrrole nitrogens is 1. The smallest absolute Gasteiger partial charge is 0.253 e. The van der Waals surface area contributed by atoms with Crippen molar-refractivity contribution in [2.45, 2.75) is 9.79 Å². The molecule has 0 aliphatic carbocycles. The SMILES string of the molecule is C#CCNC(=O)c1ccccc1Sc1ccc2c(C=Cc3ccccn3)n[nH]c2c1. The minimum Gasteiger partial charge on any atom is -0.341 e. The van der Waals surface area contributed by atoms with Gasteiger partial charge in [-0.1, -0.05) is 35.9 Å². The molecule has 4 rings (SSSR count). The lowest BCUT2D eigenvalue weighted by molar-refractivity contribution is 0.0956. The molecule has 0 aliphatic rings. The monoisotopic (exact) mass is 410 g/mol. The van der Waals surface area contributed by atoms with E-state index < -0.39 is 0 Å². The molecule has 0 unspecified atom stereocenters. The average molecular weight is 411 g/mol. The first kappa shape index (κ1) is 19.5. The van der Waals surface area contributed by atoms with E-state index in [9.17, 15) is 4.79 Å². The van der Waals surface area contributed by atoms with Crippen LogP contribution in [-0.2, 0) is 0 Å². The molecule has 5 nitrogen and oxygen atoms in total. The van der Waals surface area contributed by atoms with Gasteiger partial charge in [0.25, 0.3) is 5.91 Å². The molecule has 0 fully saturated rings. The van der Waals surface area contributed by atoms with E-state index in [4.69, 9.17) is 6.42 Å². The summed E-state index contributed by atoms with van der Waals surface area (Å²) in [6.07, 6.45) is 10.9. The Balaban J connectivity index is 1.57. The van der Waals surface area contributed by atoms with Gasteiger partial charge in [-0.25, -0.2) is 0 Å². The lowest BCUT2D eigenvalue weighted by Gasteiger charge is -2.08. The van der Waals surface area contributed by atoms with Crippen LogP contribution in [0.15, 0.2) is 76.7 Å². The molecule has 0 aliphatic heterocycles. The van der Waals surface area contributed by atoms with Crippen LogP contribution in [0, 0.1) is 12.3 Å². The number of terminal acetylenes is 1. The van der Waals surface area contributed by atoms with Crippen LogP contribution in [0.4, 0.5) is 0 Å². The number of aromatic nitrogens is 3. The molecule has 0 atom stereocenters. The average Bonchev–Trinajstić information content (AvgIpc) is 3.19. The summed E-state index contributed by atoms with van der Waals surface area (Å²) in [7, 11) is 0. The minimum absolute atomic E-state index is 0.180. The Morgan fingerprint density at radius 1 is 1.13 bits per heavy atom. The number of rotatable bonds is 6. The molecule has 0 bridgehead atoms. The van der Waals surface area contributed by atoms with E-state index in [-0.39, 0.29) is 12.5 Å². The topological polar surface area (TPSA) is 70.7 Å². The van der Waals surface area contributed by atoms with Crippen molar-refractivity contribution in [1.82, 2.24) is 20.5 Å². The maximum atomic E-state index is 12.4. The van der Waals surface area contributed by atoms with Gasteiger partial charge in [0.05, 0.1) is 29.0 Å². The van der Waals surface area contributed by atoms with E-state index in [1.54, 1.807) is 12.3 Å². The van der Waals surface area contributed by atoms with E-state index in [0.717, 1.165) is 32.1 Å². The Labute approximate surface area is 178 Å². The Kier molecular flexibility index (Phi) is 5.93. The quantitative estimate of drug-likeness (QED) is 0.454. The van der Waals surface area contributed by atoms with E-state index >= 15 is 0 Å². The summed E-state index contributed by atoms with van der Waals surface area (Å²) in [6, 6.07) is 19.3. The summed E-state index contributed by atoms with van der Waals surface area (Å²) in [5.74, 6) is 2.24. The molecule has 2 aromatic carbocycles. The number of nitrogens with zero attached hydrogens (tertiary/aromatic N) is 2. The number of pyridine rings is 1. The second kappa shape index (κ2) is 9.12. The molecule has 2 heterocycles. The summed E-state index contributed by atoms with van der Waals surface area (Å²) in [5, 5.41) is 11.2. The predicted molar refractivity (Wildman–Crippen MR) is 121 cm³/mol. The van der Waals surface area contributed by atoms with Crippen molar-refractivity contribution in [3.8, 4) is 12.3 Å². The third-order valence-corrected chi connectivity index (χ3v) is 5.44. The fraction of sp³-hybridized carbons (Fsp3) is 0.0417. The van der Waals surface area contributed by atoms with Gasteiger partial charge in [-0.2, -0.15) is 5.10 Å². The highest BCUT2D eigenvalue weighted by Crippen LogP contribution is 2.32. The standard InChI is InChI=1S/C24H18N4OS/c1-2-14-26-24(29)20-8-3-4-9-23(20)30-18-11-12-19-21(27-28-22(19)16-18)13-10-17-7-5-6-15-25-17/h1,3-13,15-16H,14H2,(H,26,29)(H,27,28). The van der Waals surface area contributed by atoms with Crippen LogP contribution in [0.2, 0.25) is 0 Å². The zero-order chi connectivity index (χ0) is 20.8. The third kappa shape index (κ3) is 4.43. The fourth-order valence-electron chi connectivity index (χ4n) is 2.95. The van der Waals surface area contributed by atoms with Crippen LogP contribution < -0.4 is 5.32 Å². The van der Waals surface area contributed by atoms with Gasteiger partial charge in [-0.3, -0.25) is 14.9 Å². The predicted octanol–water partition coefficient (Wildman–Crippen LogP) is 4.64. The lowest BCUT2D eigenvalue weighted by atomic mass is 10.2. The maximum Gasteiger partial charge on any atom is 0.253 e. The molecule has 6 heteroatoms. The summed E-state index contributed by atoms with van der Waals surface area (Å²) in [4.78, 5) is 18.5. The number of benzene rings is 2. The van der Waals surface area contributed by atoms with Crippen molar-refractivity contribution >= 4 is 40.7 Å². The molecule has 0 spiro atoms. The van der Waals surface area contributed by atoms with Crippen LogP contribution in [0.25, 0.3) is 23.1 Å². The van der Waals surface area contributed by atoms with E-state index in [1.165, 1.54) is 11.8 Å². The molecule has 1 amide bonds. The number of nitrogens with one attached hydrogen (secondary N) is 2. The van der Waals surface area contributed by atoms with Crippen molar-refractivity contribution < 1.29 is 4.79 Å². The van der Waals surface area contributed by atoms with Crippen LogP contribution in [0.3, 0.4) is 0 Å².